The Morgan fingerprint density at radius 1 is 0.882 bits per heavy atom. The Bertz CT molecular complexity index is 587. The molecule has 0 aliphatic carbocycles. The van der Waals surface area contributed by atoms with Crippen molar-refractivity contribution in [3.05, 3.63) is 53.6 Å². The summed E-state index contributed by atoms with van der Waals surface area (Å²) < 4.78 is 5.24. The minimum atomic E-state index is 0.865. The van der Waals surface area contributed by atoms with Crippen LogP contribution in [0.5, 0.6) is 5.75 Å². The van der Waals surface area contributed by atoms with E-state index in [1.165, 1.54) is 11.1 Å². The summed E-state index contributed by atoms with van der Waals surface area (Å²) >= 11 is 0. The van der Waals surface area contributed by atoms with Crippen molar-refractivity contribution in [2.75, 3.05) is 12.4 Å². The molecule has 84 valence electrons. The van der Waals surface area contributed by atoms with E-state index in [-0.39, 0.29) is 0 Å². The molecule has 0 fully saturated rings. The molecule has 0 saturated heterocycles. The molecule has 3 rings (SSSR count). The summed E-state index contributed by atoms with van der Waals surface area (Å²) in [5.74, 6) is 0.865. The van der Waals surface area contributed by atoms with Crippen molar-refractivity contribution in [1.29, 1.82) is 0 Å². The smallest absolute Gasteiger partial charge is 0.120 e. The largest absolute Gasteiger partial charge is 0.497 e. The maximum atomic E-state index is 5.24. The van der Waals surface area contributed by atoms with Crippen LogP contribution in [0.1, 0.15) is 11.1 Å². The summed E-state index contributed by atoms with van der Waals surface area (Å²) in [5, 5.41) is 3.44. The molecular weight excluding hydrogens is 210 g/mol. The predicted molar refractivity (Wildman–Crippen MR) is 71.6 cm³/mol. The Balaban J connectivity index is 2.12. The van der Waals surface area contributed by atoms with E-state index in [4.69, 9.17) is 4.74 Å². The van der Waals surface area contributed by atoms with Crippen molar-refractivity contribution in [1.82, 2.24) is 0 Å². The molecule has 17 heavy (non-hydrogen) atoms. The number of benzene rings is 2. The quantitative estimate of drug-likeness (QED) is 0.675. The number of ether oxygens (including phenoxy) is 1. The fraction of sp³-hybridized carbons (Fsp3) is 0.0667. The lowest BCUT2D eigenvalue weighted by molar-refractivity contribution is 0.415. The van der Waals surface area contributed by atoms with Crippen LogP contribution in [0.15, 0.2) is 42.5 Å². The number of methoxy groups -OCH3 is 1. The van der Waals surface area contributed by atoms with Crippen LogP contribution in [0.25, 0.3) is 12.2 Å². The summed E-state index contributed by atoms with van der Waals surface area (Å²) in [5.41, 5.74) is 4.56. The van der Waals surface area contributed by atoms with Crippen LogP contribution < -0.4 is 10.1 Å². The van der Waals surface area contributed by atoms with Crippen molar-refractivity contribution in [2.45, 2.75) is 0 Å². The van der Waals surface area contributed by atoms with Crippen molar-refractivity contribution in [2.24, 2.45) is 0 Å². The first kappa shape index (κ1) is 9.97. The van der Waals surface area contributed by atoms with Gasteiger partial charge in [-0.25, -0.2) is 0 Å². The Hall–Kier alpha value is -2.22. The van der Waals surface area contributed by atoms with E-state index in [9.17, 15) is 0 Å². The van der Waals surface area contributed by atoms with Crippen LogP contribution in [0.2, 0.25) is 0 Å². The third-order valence-corrected chi connectivity index (χ3v) is 2.93. The zero-order chi connectivity index (χ0) is 11.7. The number of hydrogen-bond acceptors (Lipinski definition) is 2. The zero-order valence-electron chi connectivity index (χ0n) is 9.60. The van der Waals surface area contributed by atoms with Gasteiger partial charge in [0.1, 0.15) is 5.75 Å². The first-order valence-corrected chi connectivity index (χ1v) is 5.59. The van der Waals surface area contributed by atoms with E-state index in [0.717, 1.165) is 17.1 Å². The molecule has 2 heteroatoms. The number of anilines is 2. The summed E-state index contributed by atoms with van der Waals surface area (Å²) in [6.45, 7) is 0. The molecule has 0 radical (unpaired) electrons. The van der Waals surface area contributed by atoms with Gasteiger partial charge in [-0.15, -0.1) is 0 Å². The van der Waals surface area contributed by atoms with Crippen LogP contribution >= 0.6 is 0 Å². The van der Waals surface area contributed by atoms with Crippen molar-refractivity contribution in [3.8, 4) is 5.75 Å². The Morgan fingerprint density at radius 3 is 2.47 bits per heavy atom. The minimum Gasteiger partial charge on any atom is -0.497 e. The summed E-state index contributed by atoms with van der Waals surface area (Å²) in [6.07, 6.45) is 4.24. The van der Waals surface area contributed by atoms with Crippen molar-refractivity contribution < 1.29 is 4.74 Å². The second kappa shape index (κ2) is 3.98. The van der Waals surface area contributed by atoms with Gasteiger partial charge in [0.15, 0.2) is 0 Å². The number of nitrogens with one attached hydrogen (secondary N) is 1. The molecular formula is C15H13NO. The number of rotatable bonds is 1. The molecule has 2 aromatic carbocycles. The van der Waals surface area contributed by atoms with Gasteiger partial charge >= 0.3 is 0 Å². The molecule has 2 nitrogen and oxygen atoms in total. The lowest BCUT2D eigenvalue weighted by Gasteiger charge is -2.10. The van der Waals surface area contributed by atoms with Crippen LogP contribution in [-0.2, 0) is 0 Å². The highest BCUT2D eigenvalue weighted by molar-refractivity contribution is 5.87. The summed E-state index contributed by atoms with van der Waals surface area (Å²) in [4.78, 5) is 0. The van der Waals surface area contributed by atoms with Crippen molar-refractivity contribution in [3.63, 3.8) is 0 Å². The third-order valence-electron chi connectivity index (χ3n) is 2.93. The second-order valence-electron chi connectivity index (χ2n) is 4.00. The third kappa shape index (κ3) is 1.78. The van der Waals surface area contributed by atoms with Gasteiger partial charge in [-0.1, -0.05) is 30.4 Å². The van der Waals surface area contributed by atoms with Crippen LogP contribution in [0.3, 0.4) is 0 Å². The molecule has 0 saturated carbocycles. The van der Waals surface area contributed by atoms with Gasteiger partial charge in [0.2, 0.25) is 0 Å². The highest BCUT2D eigenvalue weighted by Crippen LogP contribution is 2.32. The van der Waals surface area contributed by atoms with E-state index < -0.39 is 0 Å². The van der Waals surface area contributed by atoms with Gasteiger partial charge in [0, 0.05) is 17.4 Å². The minimum absolute atomic E-state index is 0.865. The van der Waals surface area contributed by atoms with E-state index in [2.05, 4.69) is 35.7 Å². The molecule has 1 aliphatic rings. The van der Waals surface area contributed by atoms with Crippen LogP contribution in [0.4, 0.5) is 11.4 Å². The number of hydrogen-bond donors (Lipinski definition) is 1. The Kier molecular flexibility index (Phi) is 2.33. The molecule has 0 unspecified atom stereocenters. The van der Waals surface area contributed by atoms with Crippen LogP contribution in [0, 0.1) is 0 Å². The molecule has 0 amide bonds. The Labute approximate surface area is 101 Å². The highest BCUT2D eigenvalue weighted by Gasteiger charge is 2.08. The summed E-state index contributed by atoms with van der Waals surface area (Å²) in [6, 6.07) is 14.3. The first-order valence-electron chi connectivity index (χ1n) is 5.59. The SMILES string of the molecule is COc1ccc2c(c1)Nc1ccccc1C=C2. The number of fused-ring (bicyclic) bond motifs is 2. The normalized spacial score (nSPS) is 12.1. The van der Waals surface area contributed by atoms with Gasteiger partial charge in [-0.2, -0.15) is 0 Å². The van der Waals surface area contributed by atoms with Gasteiger partial charge in [-0.3, -0.25) is 0 Å². The standard InChI is InChI=1S/C15H13NO/c1-17-13-9-8-12-7-6-11-4-2-3-5-14(11)16-15(12)10-13/h2-10,16H,1H3. The molecule has 1 heterocycles. The maximum Gasteiger partial charge on any atom is 0.120 e. The van der Waals surface area contributed by atoms with Gasteiger partial charge in [0.25, 0.3) is 0 Å². The van der Waals surface area contributed by atoms with E-state index in [1.54, 1.807) is 7.11 Å². The molecule has 1 aliphatic heterocycles. The Morgan fingerprint density at radius 2 is 1.65 bits per heavy atom. The monoisotopic (exact) mass is 223 g/mol. The molecule has 1 N–H and O–H groups in total. The zero-order valence-corrected chi connectivity index (χ0v) is 9.60. The average molecular weight is 223 g/mol. The maximum absolute atomic E-state index is 5.24. The fourth-order valence-corrected chi connectivity index (χ4v) is 2.00. The molecule has 0 spiro atoms. The molecule has 2 aromatic rings. The summed E-state index contributed by atoms with van der Waals surface area (Å²) in [7, 11) is 1.68. The molecule has 0 atom stereocenters. The fourth-order valence-electron chi connectivity index (χ4n) is 2.00. The van der Waals surface area contributed by atoms with E-state index in [0.29, 0.717) is 0 Å². The molecule has 0 bridgehead atoms. The van der Waals surface area contributed by atoms with E-state index in [1.807, 2.05) is 24.3 Å². The lowest BCUT2D eigenvalue weighted by Crippen LogP contribution is -1.94. The van der Waals surface area contributed by atoms with E-state index >= 15 is 0 Å². The van der Waals surface area contributed by atoms with Crippen LogP contribution in [-0.4, -0.2) is 7.11 Å². The average Bonchev–Trinajstić information content (AvgIpc) is 2.56. The first-order chi connectivity index (χ1) is 8.36. The number of para-hydroxylation sites is 1. The lowest BCUT2D eigenvalue weighted by atomic mass is 10.1. The topological polar surface area (TPSA) is 21.3 Å². The van der Waals surface area contributed by atoms with Crippen molar-refractivity contribution >= 4 is 23.5 Å². The second-order valence-corrected chi connectivity index (χ2v) is 4.00. The molecule has 0 aromatic heterocycles. The van der Waals surface area contributed by atoms with Gasteiger partial charge in [-0.05, 0) is 29.3 Å². The predicted octanol–water partition coefficient (Wildman–Crippen LogP) is 3.92. The van der Waals surface area contributed by atoms with Gasteiger partial charge in [0.05, 0.1) is 7.11 Å². The van der Waals surface area contributed by atoms with Gasteiger partial charge < -0.3 is 10.1 Å². The highest BCUT2D eigenvalue weighted by atomic mass is 16.5.